The molecule has 0 radical (unpaired) electrons. The van der Waals surface area contributed by atoms with Crippen molar-refractivity contribution in [3.8, 4) is 0 Å². The number of rotatable bonds is 4. The van der Waals surface area contributed by atoms with Crippen LogP contribution in [0.5, 0.6) is 0 Å². The molecule has 17 heavy (non-hydrogen) atoms. The van der Waals surface area contributed by atoms with E-state index in [1.54, 1.807) is 7.11 Å². The van der Waals surface area contributed by atoms with E-state index in [2.05, 4.69) is 5.32 Å². The van der Waals surface area contributed by atoms with E-state index in [9.17, 15) is 8.42 Å². The molecule has 0 aromatic heterocycles. The van der Waals surface area contributed by atoms with E-state index < -0.39 is 9.84 Å². The monoisotopic (exact) mass is 261 g/mol. The second-order valence-electron chi connectivity index (χ2n) is 5.25. The highest BCUT2D eigenvalue weighted by Gasteiger charge is 2.31. The summed E-state index contributed by atoms with van der Waals surface area (Å²) in [4.78, 5) is 0. The number of sulfone groups is 1. The average Bonchev–Trinajstić information content (AvgIpc) is 2.66. The summed E-state index contributed by atoms with van der Waals surface area (Å²) < 4.78 is 28.7. The van der Waals surface area contributed by atoms with Gasteiger partial charge < -0.3 is 10.1 Å². The van der Waals surface area contributed by atoms with Crippen LogP contribution in [0.1, 0.15) is 38.5 Å². The summed E-state index contributed by atoms with van der Waals surface area (Å²) in [6, 6.07) is 0.484. The number of hydrogen-bond donors (Lipinski definition) is 1. The molecule has 1 aliphatic carbocycles. The van der Waals surface area contributed by atoms with E-state index >= 15 is 0 Å². The minimum Gasteiger partial charge on any atom is -0.381 e. The van der Waals surface area contributed by atoms with Crippen molar-refractivity contribution in [3.05, 3.63) is 0 Å². The smallest absolute Gasteiger partial charge is 0.154 e. The Bertz CT molecular complexity index is 334. The first-order chi connectivity index (χ1) is 8.12. The molecule has 0 spiro atoms. The van der Waals surface area contributed by atoms with Gasteiger partial charge in [-0.3, -0.25) is 0 Å². The zero-order valence-electron chi connectivity index (χ0n) is 10.5. The summed E-state index contributed by atoms with van der Waals surface area (Å²) in [7, 11) is -1.02. The van der Waals surface area contributed by atoms with Crippen LogP contribution < -0.4 is 5.32 Å². The second-order valence-corrected chi connectivity index (χ2v) is 7.65. The first-order valence-corrected chi connectivity index (χ1v) is 8.31. The molecule has 4 nitrogen and oxygen atoms in total. The van der Waals surface area contributed by atoms with Gasteiger partial charge in [0.05, 0.1) is 17.1 Å². The van der Waals surface area contributed by atoms with Crippen LogP contribution in [0.25, 0.3) is 0 Å². The fourth-order valence-electron chi connectivity index (χ4n) is 2.89. The quantitative estimate of drug-likeness (QED) is 0.823. The fourth-order valence-corrected chi connectivity index (χ4v) is 4.67. The minimum atomic E-state index is -2.79. The Balaban J connectivity index is 1.73. The topological polar surface area (TPSA) is 55.4 Å². The van der Waals surface area contributed by atoms with E-state index in [4.69, 9.17) is 4.74 Å². The van der Waals surface area contributed by atoms with Crippen LogP contribution in [-0.4, -0.2) is 45.2 Å². The third-order valence-electron chi connectivity index (χ3n) is 4.10. The normalized spacial score (nSPS) is 37.1. The van der Waals surface area contributed by atoms with Crippen molar-refractivity contribution >= 4 is 9.84 Å². The van der Waals surface area contributed by atoms with Crippen molar-refractivity contribution in [3.63, 3.8) is 0 Å². The Labute approximate surface area is 104 Å². The van der Waals surface area contributed by atoms with Crippen molar-refractivity contribution in [2.75, 3.05) is 19.4 Å². The van der Waals surface area contributed by atoms with E-state index in [0.29, 0.717) is 24.4 Å². The van der Waals surface area contributed by atoms with Gasteiger partial charge in [-0.2, -0.15) is 0 Å². The van der Waals surface area contributed by atoms with E-state index in [1.807, 2.05) is 0 Å². The van der Waals surface area contributed by atoms with Crippen molar-refractivity contribution in [2.24, 2.45) is 0 Å². The number of methoxy groups -OCH3 is 1. The van der Waals surface area contributed by atoms with Crippen LogP contribution in [0.15, 0.2) is 0 Å². The first kappa shape index (κ1) is 13.3. The number of nitrogens with one attached hydrogen (secondary N) is 1. The molecule has 1 saturated heterocycles. The molecule has 0 amide bonds. The number of ether oxygens (including phenoxy) is 1. The van der Waals surface area contributed by atoms with Gasteiger partial charge in [0.25, 0.3) is 0 Å². The summed E-state index contributed by atoms with van der Waals surface area (Å²) >= 11 is 0. The highest BCUT2D eigenvalue weighted by molar-refractivity contribution is 7.92. The Kier molecular flexibility index (Phi) is 4.44. The Morgan fingerprint density at radius 1 is 1.18 bits per heavy atom. The van der Waals surface area contributed by atoms with Gasteiger partial charge in [-0.05, 0) is 38.5 Å². The fraction of sp³-hybridized carbons (Fsp3) is 1.00. The van der Waals surface area contributed by atoms with Crippen LogP contribution >= 0.6 is 0 Å². The molecule has 1 unspecified atom stereocenters. The second kappa shape index (κ2) is 5.67. The van der Waals surface area contributed by atoms with Crippen molar-refractivity contribution in [1.82, 2.24) is 5.32 Å². The van der Waals surface area contributed by atoms with Gasteiger partial charge in [-0.25, -0.2) is 8.42 Å². The summed E-state index contributed by atoms with van der Waals surface area (Å²) in [6.07, 6.45) is 6.46. The molecule has 2 fully saturated rings. The maximum absolute atomic E-state index is 11.7. The predicted molar refractivity (Wildman–Crippen MR) is 67.9 cm³/mol. The van der Waals surface area contributed by atoms with Gasteiger partial charge in [0.15, 0.2) is 9.84 Å². The molecule has 2 aliphatic rings. The predicted octanol–water partition coefficient (Wildman–Crippen LogP) is 1.11. The molecule has 1 atom stereocenters. The molecule has 1 saturated carbocycles. The van der Waals surface area contributed by atoms with Crippen LogP contribution in [0, 0.1) is 0 Å². The lowest BCUT2D eigenvalue weighted by Crippen LogP contribution is -2.40. The van der Waals surface area contributed by atoms with Crippen LogP contribution in [0.4, 0.5) is 0 Å². The van der Waals surface area contributed by atoms with E-state index in [-0.39, 0.29) is 5.25 Å². The third-order valence-corrected chi connectivity index (χ3v) is 6.38. The lowest BCUT2D eigenvalue weighted by molar-refractivity contribution is 0.0626. The molecule has 1 heterocycles. The molecule has 0 bridgehead atoms. The van der Waals surface area contributed by atoms with Gasteiger partial charge in [0.1, 0.15) is 0 Å². The van der Waals surface area contributed by atoms with Crippen LogP contribution in [0.3, 0.4) is 0 Å². The zero-order valence-corrected chi connectivity index (χ0v) is 11.3. The molecule has 5 heteroatoms. The van der Waals surface area contributed by atoms with Gasteiger partial charge in [0.2, 0.25) is 0 Å². The Morgan fingerprint density at radius 3 is 2.41 bits per heavy atom. The van der Waals surface area contributed by atoms with Crippen LogP contribution in [0.2, 0.25) is 0 Å². The van der Waals surface area contributed by atoms with Gasteiger partial charge in [-0.1, -0.05) is 0 Å². The molecule has 1 aliphatic heterocycles. The zero-order chi connectivity index (χ0) is 12.3. The van der Waals surface area contributed by atoms with Gasteiger partial charge in [-0.15, -0.1) is 0 Å². The standard InChI is InChI=1S/C12H23NO3S/c1-16-11-6-4-10(5-7-11)13-9-12-3-2-8-17(12,14)15/h10-13H,2-9H2,1H3. The summed E-state index contributed by atoms with van der Waals surface area (Å²) in [5, 5.41) is 3.29. The molecule has 1 N–H and O–H groups in total. The van der Waals surface area contributed by atoms with Gasteiger partial charge in [0, 0.05) is 19.7 Å². The lowest BCUT2D eigenvalue weighted by Gasteiger charge is -2.29. The molecular formula is C12H23NO3S. The van der Waals surface area contributed by atoms with Gasteiger partial charge >= 0.3 is 0 Å². The van der Waals surface area contributed by atoms with E-state index in [0.717, 1.165) is 38.5 Å². The number of hydrogen-bond acceptors (Lipinski definition) is 4. The molecule has 0 aromatic rings. The lowest BCUT2D eigenvalue weighted by atomic mass is 9.93. The minimum absolute atomic E-state index is 0.136. The third kappa shape index (κ3) is 3.42. The highest BCUT2D eigenvalue weighted by Crippen LogP contribution is 2.22. The summed E-state index contributed by atoms with van der Waals surface area (Å²) in [6.45, 7) is 0.644. The van der Waals surface area contributed by atoms with E-state index in [1.165, 1.54) is 0 Å². The largest absolute Gasteiger partial charge is 0.381 e. The summed E-state index contributed by atoms with van der Waals surface area (Å²) in [5.74, 6) is 0.385. The highest BCUT2D eigenvalue weighted by atomic mass is 32.2. The SMILES string of the molecule is COC1CCC(NCC2CCCS2(=O)=O)CC1. The van der Waals surface area contributed by atoms with Crippen molar-refractivity contribution < 1.29 is 13.2 Å². The van der Waals surface area contributed by atoms with Crippen molar-refractivity contribution in [2.45, 2.75) is 55.9 Å². The van der Waals surface area contributed by atoms with Crippen molar-refractivity contribution in [1.29, 1.82) is 0 Å². The molecular weight excluding hydrogens is 238 g/mol. The summed E-state index contributed by atoms with van der Waals surface area (Å²) in [5.41, 5.74) is 0. The molecule has 100 valence electrons. The molecule has 2 rings (SSSR count). The first-order valence-electron chi connectivity index (χ1n) is 6.59. The Hall–Kier alpha value is -0.130. The maximum atomic E-state index is 11.7. The van der Waals surface area contributed by atoms with Crippen LogP contribution in [-0.2, 0) is 14.6 Å². The molecule has 0 aromatic carbocycles. The average molecular weight is 261 g/mol. The Morgan fingerprint density at radius 2 is 1.88 bits per heavy atom. The maximum Gasteiger partial charge on any atom is 0.154 e.